The van der Waals surface area contributed by atoms with Gasteiger partial charge in [-0.25, -0.2) is 0 Å². The molecule has 1 aliphatic carbocycles. The van der Waals surface area contributed by atoms with E-state index in [1.54, 1.807) is 12.4 Å². The smallest absolute Gasteiger partial charge is 0.255 e. The van der Waals surface area contributed by atoms with Gasteiger partial charge in [0.2, 0.25) is 0 Å². The molecule has 0 unspecified atom stereocenters. The zero-order chi connectivity index (χ0) is 11.5. The van der Waals surface area contributed by atoms with Crippen molar-refractivity contribution in [1.82, 2.24) is 9.88 Å². The number of aryl methyl sites for hydroxylation is 1. The van der Waals surface area contributed by atoms with E-state index in [-0.39, 0.29) is 5.91 Å². The summed E-state index contributed by atoms with van der Waals surface area (Å²) in [5.41, 5.74) is 7.21. The highest BCUT2D eigenvalue weighted by Gasteiger charge is 2.32. The summed E-state index contributed by atoms with van der Waals surface area (Å²) in [7, 11) is 0. The van der Waals surface area contributed by atoms with Crippen molar-refractivity contribution >= 4 is 5.91 Å². The summed E-state index contributed by atoms with van der Waals surface area (Å²) in [5, 5.41) is 0. The molecule has 0 radical (unpaired) electrons. The lowest BCUT2D eigenvalue weighted by Crippen LogP contribution is -2.37. The van der Waals surface area contributed by atoms with Crippen LogP contribution in [0, 0.1) is 6.92 Å². The maximum absolute atomic E-state index is 12.2. The van der Waals surface area contributed by atoms with Crippen molar-refractivity contribution in [2.24, 2.45) is 5.73 Å². The Morgan fingerprint density at radius 2 is 2.31 bits per heavy atom. The molecule has 2 N–H and O–H groups in total. The molecular formula is C12H17N3O. The zero-order valence-electron chi connectivity index (χ0n) is 9.52. The predicted octanol–water partition coefficient (Wildman–Crippen LogP) is 0.953. The van der Waals surface area contributed by atoms with Gasteiger partial charge in [-0.3, -0.25) is 9.78 Å². The van der Waals surface area contributed by atoms with Crippen molar-refractivity contribution < 1.29 is 4.79 Å². The minimum Gasteiger partial charge on any atom is -0.334 e. The van der Waals surface area contributed by atoms with Gasteiger partial charge in [0.1, 0.15) is 0 Å². The van der Waals surface area contributed by atoms with Gasteiger partial charge in [-0.1, -0.05) is 0 Å². The molecule has 86 valence electrons. The van der Waals surface area contributed by atoms with E-state index in [1.807, 2.05) is 17.9 Å². The Morgan fingerprint density at radius 3 is 2.88 bits per heavy atom. The first-order chi connectivity index (χ1) is 7.72. The summed E-state index contributed by atoms with van der Waals surface area (Å²) in [5.74, 6) is 0.0594. The molecule has 0 saturated heterocycles. The highest BCUT2D eigenvalue weighted by molar-refractivity contribution is 5.94. The Hall–Kier alpha value is -1.42. The van der Waals surface area contributed by atoms with Gasteiger partial charge < -0.3 is 10.6 Å². The fourth-order valence-electron chi connectivity index (χ4n) is 1.81. The van der Waals surface area contributed by atoms with Crippen LogP contribution in [0.25, 0.3) is 0 Å². The highest BCUT2D eigenvalue weighted by Crippen LogP contribution is 2.27. The molecule has 0 bridgehead atoms. The van der Waals surface area contributed by atoms with Crippen LogP contribution < -0.4 is 5.73 Å². The highest BCUT2D eigenvalue weighted by atomic mass is 16.2. The number of hydrogen-bond donors (Lipinski definition) is 1. The summed E-state index contributed by atoms with van der Waals surface area (Å²) in [6.45, 7) is 3.09. The molecule has 4 nitrogen and oxygen atoms in total. The van der Waals surface area contributed by atoms with Gasteiger partial charge in [-0.2, -0.15) is 0 Å². The van der Waals surface area contributed by atoms with Crippen molar-refractivity contribution in [2.75, 3.05) is 13.1 Å². The number of hydrogen-bond acceptors (Lipinski definition) is 3. The molecule has 0 spiro atoms. The lowest BCUT2D eigenvalue weighted by molar-refractivity contribution is 0.0747. The topological polar surface area (TPSA) is 59.2 Å². The van der Waals surface area contributed by atoms with E-state index in [0.29, 0.717) is 24.7 Å². The number of nitrogens with zero attached hydrogens (tertiary/aromatic N) is 2. The van der Waals surface area contributed by atoms with E-state index in [1.165, 1.54) is 0 Å². The molecule has 1 aromatic heterocycles. The second kappa shape index (κ2) is 4.61. The molecule has 1 aromatic rings. The molecule has 4 heteroatoms. The van der Waals surface area contributed by atoms with Crippen molar-refractivity contribution in [2.45, 2.75) is 25.8 Å². The first kappa shape index (κ1) is 11.1. The number of aromatic nitrogens is 1. The van der Waals surface area contributed by atoms with E-state index < -0.39 is 0 Å². The van der Waals surface area contributed by atoms with Gasteiger partial charge in [0.25, 0.3) is 5.91 Å². The maximum atomic E-state index is 12.2. The number of pyridine rings is 1. The first-order valence-corrected chi connectivity index (χ1v) is 5.65. The third kappa shape index (κ3) is 2.39. The SMILES string of the molecule is Cc1cncc(C(=O)N(CCN)C2CC2)c1. The minimum atomic E-state index is 0.0594. The molecule has 0 aliphatic heterocycles. The molecule has 0 aromatic carbocycles. The van der Waals surface area contributed by atoms with Gasteiger partial charge in [-0.15, -0.1) is 0 Å². The second-order valence-corrected chi connectivity index (χ2v) is 4.27. The summed E-state index contributed by atoms with van der Waals surface area (Å²) in [6.07, 6.45) is 5.58. The molecule has 1 amide bonds. The van der Waals surface area contributed by atoms with E-state index in [2.05, 4.69) is 4.98 Å². The lowest BCUT2D eigenvalue weighted by atomic mass is 10.2. The van der Waals surface area contributed by atoms with Crippen molar-refractivity contribution in [3.63, 3.8) is 0 Å². The number of carbonyl (C=O) groups is 1. The van der Waals surface area contributed by atoms with Gasteiger partial charge in [0, 0.05) is 31.5 Å². The number of rotatable bonds is 4. The van der Waals surface area contributed by atoms with Crippen LogP contribution in [0.3, 0.4) is 0 Å². The molecule has 16 heavy (non-hydrogen) atoms. The van der Waals surface area contributed by atoms with Crippen LogP contribution in [0.5, 0.6) is 0 Å². The van der Waals surface area contributed by atoms with Crippen LogP contribution in [0.15, 0.2) is 18.5 Å². The van der Waals surface area contributed by atoms with E-state index >= 15 is 0 Å². The molecule has 2 rings (SSSR count). The fourth-order valence-corrected chi connectivity index (χ4v) is 1.81. The third-order valence-electron chi connectivity index (χ3n) is 2.74. The van der Waals surface area contributed by atoms with Gasteiger partial charge in [0.15, 0.2) is 0 Å². The zero-order valence-corrected chi connectivity index (χ0v) is 9.52. The monoisotopic (exact) mass is 219 g/mol. The standard InChI is InChI=1S/C12H17N3O/c1-9-6-10(8-14-7-9)12(16)15(5-4-13)11-2-3-11/h6-8,11H,2-5,13H2,1H3. The van der Waals surface area contributed by atoms with Crippen LogP contribution in [-0.2, 0) is 0 Å². The van der Waals surface area contributed by atoms with Gasteiger partial charge >= 0.3 is 0 Å². The van der Waals surface area contributed by atoms with Crippen molar-refractivity contribution in [3.8, 4) is 0 Å². The van der Waals surface area contributed by atoms with Gasteiger partial charge in [-0.05, 0) is 31.4 Å². The summed E-state index contributed by atoms with van der Waals surface area (Å²) in [6, 6.07) is 2.28. The summed E-state index contributed by atoms with van der Waals surface area (Å²) >= 11 is 0. The maximum Gasteiger partial charge on any atom is 0.255 e. The Bertz CT molecular complexity index is 388. The first-order valence-electron chi connectivity index (χ1n) is 5.65. The van der Waals surface area contributed by atoms with Crippen LogP contribution >= 0.6 is 0 Å². The van der Waals surface area contributed by atoms with Gasteiger partial charge in [0.05, 0.1) is 5.56 Å². The summed E-state index contributed by atoms with van der Waals surface area (Å²) < 4.78 is 0. The number of carbonyl (C=O) groups excluding carboxylic acids is 1. The van der Waals surface area contributed by atoms with E-state index in [0.717, 1.165) is 18.4 Å². The second-order valence-electron chi connectivity index (χ2n) is 4.27. The average Bonchev–Trinajstić information content (AvgIpc) is 3.09. The van der Waals surface area contributed by atoms with E-state index in [4.69, 9.17) is 5.73 Å². The van der Waals surface area contributed by atoms with E-state index in [9.17, 15) is 4.79 Å². The predicted molar refractivity (Wildman–Crippen MR) is 62.1 cm³/mol. The Kier molecular flexibility index (Phi) is 3.19. The Balaban J connectivity index is 2.15. The molecule has 1 fully saturated rings. The molecule has 1 saturated carbocycles. The van der Waals surface area contributed by atoms with Crippen LogP contribution in [-0.4, -0.2) is 34.9 Å². The van der Waals surface area contributed by atoms with Crippen LogP contribution in [0.1, 0.15) is 28.8 Å². The fraction of sp³-hybridized carbons (Fsp3) is 0.500. The van der Waals surface area contributed by atoms with Crippen LogP contribution in [0.4, 0.5) is 0 Å². The Labute approximate surface area is 95.5 Å². The summed E-state index contributed by atoms with van der Waals surface area (Å²) in [4.78, 5) is 18.1. The molecule has 1 aliphatic rings. The van der Waals surface area contributed by atoms with Crippen molar-refractivity contribution in [1.29, 1.82) is 0 Å². The third-order valence-corrected chi connectivity index (χ3v) is 2.74. The normalized spacial score (nSPS) is 14.9. The average molecular weight is 219 g/mol. The Morgan fingerprint density at radius 1 is 1.56 bits per heavy atom. The number of amides is 1. The lowest BCUT2D eigenvalue weighted by Gasteiger charge is -2.21. The molecule has 0 atom stereocenters. The quantitative estimate of drug-likeness (QED) is 0.820. The van der Waals surface area contributed by atoms with Crippen molar-refractivity contribution in [3.05, 3.63) is 29.6 Å². The molecule has 1 heterocycles. The largest absolute Gasteiger partial charge is 0.334 e. The van der Waals surface area contributed by atoms with Crippen LogP contribution in [0.2, 0.25) is 0 Å². The minimum absolute atomic E-state index is 0.0594. The molecular weight excluding hydrogens is 202 g/mol. The number of nitrogens with two attached hydrogens (primary N) is 1.